The van der Waals surface area contributed by atoms with E-state index in [0.717, 1.165) is 18.8 Å². The zero-order chi connectivity index (χ0) is 14.5. The van der Waals surface area contributed by atoms with E-state index in [1.54, 1.807) is 0 Å². The molecule has 20 heavy (non-hydrogen) atoms. The number of amides is 1. The van der Waals surface area contributed by atoms with Gasteiger partial charge in [-0.15, -0.1) is 0 Å². The minimum atomic E-state index is 0.0706. The fraction of sp³-hybridized carbons (Fsp3) is 0.833. The van der Waals surface area contributed by atoms with E-state index in [1.165, 1.54) is 32.1 Å². The highest BCUT2D eigenvalue weighted by atomic mass is 16.1. The quantitative estimate of drug-likeness (QED) is 0.770. The highest BCUT2D eigenvalue weighted by molar-refractivity contribution is 5.92. The fourth-order valence-corrected chi connectivity index (χ4v) is 5.90. The molecule has 2 heteroatoms. The minimum absolute atomic E-state index is 0.0706. The van der Waals surface area contributed by atoms with Gasteiger partial charge in [0.1, 0.15) is 0 Å². The van der Waals surface area contributed by atoms with Crippen LogP contribution < -0.4 is 5.32 Å². The molecule has 0 aliphatic heterocycles. The largest absolute Gasteiger partial charge is 0.346 e. The molecule has 4 saturated carbocycles. The van der Waals surface area contributed by atoms with Crippen LogP contribution in [-0.2, 0) is 4.79 Å². The van der Waals surface area contributed by atoms with Crippen LogP contribution in [0.5, 0.6) is 0 Å². The van der Waals surface area contributed by atoms with Gasteiger partial charge in [0.2, 0.25) is 5.91 Å². The summed E-state index contributed by atoms with van der Waals surface area (Å²) in [6.45, 7) is 10.4. The van der Waals surface area contributed by atoms with Crippen LogP contribution in [0.3, 0.4) is 0 Å². The third kappa shape index (κ3) is 2.03. The molecular formula is C18H29NO. The standard InChI is InChI=1S/C18H29NO/c1-5-6-18(19-16(20)12(2)3)14-7-13-8-15(18)11-17(4,9-13)10-14/h13-15H,2,5-11H2,1,3-4H3,(H,19,20). The molecule has 0 heterocycles. The van der Waals surface area contributed by atoms with Gasteiger partial charge in [-0.05, 0) is 68.6 Å². The fourth-order valence-electron chi connectivity index (χ4n) is 5.90. The van der Waals surface area contributed by atoms with Crippen LogP contribution in [0.4, 0.5) is 0 Å². The second kappa shape index (κ2) is 4.61. The van der Waals surface area contributed by atoms with Gasteiger partial charge in [0.25, 0.3) is 0 Å². The Morgan fingerprint density at radius 2 is 1.85 bits per heavy atom. The van der Waals surface area contributed by atoms with E-state index in [9.17, 15) is 4.79 Å². The summed E-state index contributed by atoms with van der Waals surface area (Å²) in [5.41, 5.74) is 1.28. The monoisotopic (exact) mass is 275 g/mol. The molecule has 0 aromatic carbocycles. The molecule has 0 radical (unpaired) electrons. The van der Waals surface area contributed by atoms with E-state index in [2.05, 4.69) is 25.7 Å². The molecule has 1 N–H and O–H groups in total. The van der Waals surface area contributed by atoms with Gasteiger partial charge in [-0.2, -0.15) is 0 Å². The molecule has 4 rings (SSSR count). The predicted molar refractivity (Wildman–Crippen MR) is 82.3 cm³/mol. The van der Waals surface area contributed by atoms with Gasteiger partial charge in [0.15, 0.2) is 0 Å². The van der Waals surface area contributed by atoms with Gasteiger partial charge < -0.3 is 5.32 Å². The van der Waals surface area contributed by atoms with E-state index in [4.69, 9.17) is 0 Å². The van der Waals surface area contributed by atoms with E-state index >= 15 is 0 Å². The number of hydrogen-bond acceptors (Lipinski definition) is 1. The summed E-state index contributed by atoms with van der Waals surface area (Å²) >= 11 is 0. The van der Waals surface area contributed by atoms with Crippen LogP contribution in [-0.4, -0.2) is 11.4 Å². The average Bonchev–Trinajstić information content (AvgIpc) is 2.33. The first-order chi connectivity index (χ1) is 9.38. The second-order valence-electron chi connectivity index (χ2n) is 8.18. The van der Waals surface area contributed by atoms with Crippen molar-refractivity contribution in [2.45, 2.75) is 71.3 Å². The Morgan fingerprint density at radius 3 is 2.30 bits per heavy atom. The van der Waals surface area contributed by atoms with Gasteiger partial charge in [-0.1, -0.05) is 26.8 Å². The average molecular weight is 275 g/mol. The molecule has 0 aromatic rings. The molecule has 112 valence electrons. The molecule has 0 spiro atoms. The van der Waals surface area contributed by atoms with Crippen molar-refractivity contribution in [3.05, 3.63) is 12.2 Å². The molecule has 4 aliphatic rings. The first kappa shape index (κ1) is 14.2. The van der Waals surface area contributed by atoms with Gasteiger partial charge >= 0.3 is 0 Å². The van der Waals surface area contributed by atoms with E-state index < -0.39 is 0 Å². The summed E-state index contributed by atoms with van der Waals surface area (Å²) in [7, 11) is 0. The molecule has 2 nitrogen and oxygen atoms in total. The number of carbonyl (C=O) groups excluding carboxylic acids is 1. The number of carbonyl (C=O) groups is 1. The molecule has 2 unspecified atom stereocenters. The maximum Gasteiger partial charge on any atom is 0.246 e. The van der Waals surface area contributed by atoms with Gasteiger partial charge in [0.05, 0.1) is 0 Å². The summed E-state index contributed by atoms with van der Waals surface area (Å²) in [5, 5.41) is 3.45. The summed E-state index contributed by atoms with van der Waals surface area (Å²) in [6, 6.07) is 0. The Kier molecular flexibility index (Phi) is 3.26. The van der Waals surface area contributed by atoms with E-state index in [0.29, 0.717) is 22.8 Å². The molecule has 4 bridgehead atoms. The van der Waals surface area contributed by atoms with E-state index in [-0.39, 0.29) is 11.4 Å². The lowest BCUT2D eigenvalue weighted by atomic mass is 9.43. The predicted octanol–water partition coefficient (Wildman–Crippen LogP) is 4.06. The Labute approximate surface area is 123 Å². The molecule has 4 fully saturated rings. The van der Waals surface area contributed by atoms with Crippen LogP contribution >= 0.6 is 0 Å². The van der Waals surface area contributed by atoms with Crippen molar-refractivity contribution >= 4 is 5.91 Å². The zero-order valence-corrected chi connectivity index (χ0v) is 13.3. The van der Waals surface area contributed by atoms with Crippen molar-refractivity contribution in [1.82, 2.24) is 5.32 Å². The van der Waals surface area contributed by atoms with Crippen molar-refractivity contribution in [2.24, 2.45) is 23.2 Å². The van der Waals surface area contributed by atoms with Crippen molar-refractivity contribution in [3.63, 3.8) is 0 Å². The topological polar surface area (TPSA) is 29.1 Å². The van der Waals surface area contributed by atoms with Crippen LogP contribution in [0, 0.1) is 23.2 Å². The molecule has 0 aromatic heterocycles. The third-order valence-corrected chi connectivity index (χ3v) is 6.35. The Morgan fingerprint density at radius 1 is 1.25 bits per heavy atom. The SMILES string of the molecule is C=C(C)C(=O)NC1(CCC)C2CC3CC1CC(C)(C3)C2. The van der Waals surface area contributed by atoms with Crippen LogP contribution in [0.1, 0.15) is 65.7 Å². The first-order valence-electron chi connectivity index (χ1n) is 8.36. The maximum atomic E-state index is 12.3. The Hall–Kier alpha value is -0.790. The number of hydrogen-bond donors (Lipinski definition) is 1. The highest BCUT2D eigenvalue weighted by Crippen LogP contribution is 2.64. The van der Waals surface area contributed by atoms with Crippen LogP contribution in [0.2, 0.25) is 0 Å². The summed E-state index contributed by atoms with van der Waals surface area (Å²) in [4.78, 5) is 12.3. The minimum Gasteiger partial charge on any atom is -0.346 e. The number of rotatable bonds is 4. The summed E-state index contributed by atoms with van der Waals surface area (Å²) < 4.78 is 0. The molecule has 4 aliphatic carbocycles. The second-order valence-corrected chi connectivity index (χ2v) is 8.18. The lowest BCUT2D eigenvalue weighted by Crippen LogP contribution is -2.67. The van der Waals surface area contributed by atoms with Crippen LogP contribution in [0.25, 0.3) is 0 Å². The zero-order valence-electron chi connectivity index (χ0n) is 13.3. The van der Waals surface area contributed by atoms with Gasteiger partial charge in [-0.3, -0.25) is 4.79 Å². The van der Waals surface area contributed by atoms with Gasteiger partial charge in [0, 0.05) is 11.1 Å². The van der Waals surface area contributed by atoms with Crippen molar-refractivity contribution in [3.8, 4) is 0 Å². The molecule has 0 saturated heterocycles. The normalized spacial score (nSPS) is 45.5. The van der Waals surface area contributed by atoms with E-state index in [1.807, 2.05) is 6.92 Å². The van der Waals surface area contributed by atoms with Crippen LogP contribution in [0.15, 0.2) is 12.2 Å². The highest BCUT2D eigenvalue weighted by Gasteiger charge is 2.60. The maximum absolute atomic E-state index is 12.3. The first-order valence-corrected chi connectivity index (χ1v) is 8.36. The van der Waals surface area contributed by atoms with Gasteiger partial charge in [-0.25, -0.2) is 0 Å². The summed E-state index contributed by atoms with van der Waals surface area (Å²) in [5.74, 6) is 2.39. The smallest absolute Gasteiger partial charge is 0.246 e. The lowest BCUT2D eigenvalue weighted by molar-refractivity contribution is -0.139. The Bertz CT molecular complexity index is 423. The van der Waals surface area contributed by atoms with Crippen molar-refractivity contribution in [1.29, 1.82) is 0 Å². The molecule has 1 amide bonds. The molecule has 2 atom stereocenters. The number of nitrogens with one attached hydrogen (secondary N) is 1. The lowest BCUT2D eigenvalue weighted by Gasteiger charge is -2.65. The van der Waals surface area contributed by atoms with Crippen molar-refractivity contribution in [2.75, 3.05) is 0 Å². The molecular weight excluding hydrogens is 246 g/mol. The third-order valence-electron chi connectivity index (χ3n) is 6.35. The Balaban J connectivity index is 1.91. The summed E-state index contributed by atoms with van der Waals surface area (Å²) in [6.07, 6.45) is 9.03. The van der Waals surface area contributed by atoms with Crippen molar-refractivity contribution < 1.29 is 4.79 Å².